The molecule has 7 heteroatoms. The van der Waals surface area contributed by atoms with Crippen molar-refractivity contribution in [1.82, 2.24) is 9.88 Å². The monoisotopic (exact) mass is 455 g/mol. The van der Waals surface area contributed by atoms with Gasteiger partial charge in [-0.1, -0.05) is 6.05 Å². The standard InChI is InChI=1S/C26H27FN4O2/c1-5-33-25-14-24-22(13-18(25)12-21(32)7-6-10-31(3)4)26(19(15-28)16-29-24)30-20-8-9-23(27)17(2)11-20/h6-9,11,13-14,16H,5,10,12H2,1-4H3,(H,29,30)/b7-6+/i3D3,5D2,6D,8D,9D,11D. The van der Waals surface area contributed by atoms with Crippen molar-refractivity contribution in [3.63, 3.8) is 0 Å². The Balaban J connectivity index is 2.17. The van der Waals surface area contributed by atoms with Gasteiger partial charge < -0.3 is 15.0 Å². The van der Waals surface area contributed by atoms with E-state index in [9.17, 15) is 14.4 Å². The number of anilines is 2. The maximum Gasteiger partial charge on any atom is 0.159 e. The second kappa shape index (κ2) is 10.7. The lowest BCUT2D eigenvalue weighted by Gasteiger charge is -2.15. The predicted molar refractivity (Wildman–Crippen MR) is 128 cm³/mol. The van der Waals surface area contributed by atoms with Gasteiger partial charge in [-0.3, -0.25) is 9.78 Å². The first-order valence-electron chi connectivity index (χ1n) is 14.3. The van der Waals surface area contributed by atoms with Crippen LogP contribution in [0.1, 0.15) is 36.0 Å². The van der Waals surface area contributed by atoms with Crippen molar-refractivity contribution >= 4 is 28.1 Å². The number of hydrogen-bond donors (Lipinski definition) is 1. The molecule has 33 heavy (non-hydrogen) atoms. The molecule has 2 aromatic carbocycles. The summed E-state index contributed by atoms with van der Waals surface area (Å²) < 4.78 is 90.1. The summed E-state index contributed by atoms with van der Waals surface area (Å²) in [7, 11) is 1.28. The lowest BCUT2D eigenvalue weighted by atomic mass is 10.0. The van der Waals surface area contributed by atoms with Crippen LogP contribution in [0.3, 0.4) is 0 Å². The van der Waals surface area contributed by atoms with Crippen molar-refractivity contribution in [2.75, 3.05) is 32.4 Å². The molecule has 1 N–H and O–H groups in total. The number of aromatic nitrogens is 1. The molecule has 1 heterocycles. The van der Waals surface area contributed by atoms with Crippen LogP contribution in [0.2, 0.25) is 0 Å². The van der Waals surface area contributed by atoms with Crippen LogP contribution < -0.4 is 10.1 Å². The van der Waals surface area contributed by atoms with Crippen molar-refractivity contribution in [3.05, 3.63) is 71.1 Å². The molecular formula is C26H27FN4O2. The summed E-state index contributed by atoms with van der Waals surface area (Å²) in [6, 6.07) is 2.68. The van der Waals surface area contributed by atoms with Gasteiger partial charge in [0.2, 0.25) is 0 Å². The smallest absolute Gasteiger partial charge is 0.159 e. The van der Waals surface area contributed by atoms with Crippen LogP contribution in [0.25, 0.3) is 10.9 Å². The van der Waals surface area contributed by atoms with Crippen LogP contribution in [0.5, 0.6) is 5.75 Å². The topological polar surface area (TPSA) is 78.2 Å². The van der Waals surface area contributed by atoms with Gasteiger partial charge in [-0.25, -0.2) is 4.39 Å². The van der Waals surface area contributed by atoms with Crippen molar-refractivity contribution in [3.8, 4) is 11.8 Å². The number of nitrogens with one attached hydrogen (secondary N) is 1. The number of benzene rings is 2. The second-order valence-electron chi connectivity index (χ2n) is 7.10. The van der Waals surface area contributed by atoms with E-state index >= 15 is 0 Å². The Morgan fingerprint density at radius 1 is 1.52 bits per heavy atom. The molecule has 6 nitrogen and oxygen atoms in total. The molecule has 170 valence electrons. The fraction of sp³-hybridized carbons (Fsp3) is 0.269. The number of nitriles is 1. The molecule has 1 aromatic heterocycles. The first-order chi connectivity index (χ1) is 19.3. The highest BCUT2D eigenvalue weighted by Gasteiger charge is 2.16. The molecular weight excluding hydrogens is 419 g/mol. The van der Waals surface area contributed by atoms with Crippen molar-refractivity contribution < 1.29 is 26.3 Å². The Morgan fingerprint density at radius 2 is 2.33 bits per heavy atom. The number of rotatable bonds is 9. The average Bonchev–Trinajstić information content (AvgIpc) is 2.87. The van der Waals surface area contributed by atoms with Crippen LogP contribution in [0.4, 0.5) is 15.8 Å². The van der Waals surface area contributed by atoms with Gasteiger partial charge in [0, 0.05) is 46.0 Å². The molecule has 0 aliphatic rings. The molecule has 0 saturated carbocycles. The van der Waals surface area contributed by atoms with Crippen molar-refractivity contribution in [1.29, 1.82) is 5.26 Å². The van der Waals surface area contributed by atoms with Gasteiger partial charge in [0.05, 0.1) is 31.6 Å². The Bertz CT molecular complexity index is 1600. The fourth-order valence-electron chi connectivity index (χ4n) is 3.03. The molecule has 0 bridgehead atoms. The van der Waals surface area contributed by atoms with Crippen molar-refractivity contribution in [2.45, 2.75) is 20.3 Å². The average molecular weight is 456 g/mol. The van der Waals surface area contributed by atoms with Gasteiger partial charge in [-0.15, -0.1) is 0 Å². The third-order valence-electron chi connectivity index (χ3n) is 4.53. The summed E-state index contributed by atoms with van der Waals surface area (Å²) in [5, 5.41) is 12.8. The number of carbonyl (C=O) groups is 1. The van der Waals surface area contributed by atoms with E-state index in [4.69, 9.17) is 17.1 Å². The van der Waals surface area contributed by atoms with E-state index in [-0.39, 0.29) is 57.3 Å². The summed E-state index contributed by atoms with van der Waals surface area (Å²) in [6.07, 6.45) is 1.74. The van der Waals surface area contributed by atoms with Gasteiger partial charge in [0.15, 0.2) is 5.78 Å². The highest BCUT2D eigenvalue weighted by atomic mass is 19.1. The molecule has 0 aliphatic heterocycles. The summed E-state index contributed by atoms with van der Waals surface area (Å²) in [5.41, 5.74) is -0.0696. The summed E-state index contributed by atoms with van der Waals surface area (Å²) in [6.45, 7) is -2.54. The molecule has 0 radical (unpaired) electrons. The third-order valence-corrected chi connectivity index (χ3v) is 4.53. The Morgan fingerprint density at radius 3 is 3.06 bits per heavy atom. The van der Waals surface area contributed by atoms with Gasteiger partial charge in [-0.05, 0) is 63.7 Å². The van der Waals surface area contributed by atoms with Crippen molar-refractivity contribution in [2.24, 2.45) is 0 Å². The van der Waals surface area contributed by atoms with E-state index < -0.39 is 49.7 Å². The largest absolute Gasteiger partial charge is 0.494 e. The Hall–Kier alpha value is -3.76. The first-order valence-corrected chi connectivity index (χ1v) is 9.83. The lowest BCUT2D eigenvalue weighted by molar-refractivity contribution is -0.114. The zero-order chi connectivity index (χ0) is 31.7. The van der Waals surface area contributed by atoms with E-state index in [1.165, 1.54) is 32.3 Å². The second-order valence-corrected chi connectivity index (χ2v) is 7.10. The van der Waals surface area contributed by atoms with Crippen LogP contribution in [0, 0.1) is 24.1 Å². The van der Waals surface area contributed by atoms with Crippen LogP contribution in [-0.2, 0) is 11.2 Å². The van der Waals surface area contributed by atoms with E-state index in [0.29, 0.717) is 0 Å². The zero-order valence-corrected chi connectivity index (χ0v) is 18.3. The maximum absolute atomic E-state index is 14.3. The molecule has 0 amide bonds. The summed E-state index contributed by atoms with van der Waals surface area (Å²) in [4.78, 5) is 18.1. The number of allylic oxidation sites excluding steroid dienone is 1. The van der Waals surface area contributed by atoms with Gasteiger partial charge in [0.1, 0.15) is 17.6 Å². The molecule has 0 saturated heterocycles. The molecule has 3 aromatic rings. The van der Waals surface area contributed by atoms with Crippen LogP contribution in [-0.4, -0.2) is 42.8 Å². The SMILES string of the molecule is [2H]/C(=C\C(=O)Cc1cc2c(Nc3c([2H])c([2H])c(F)c(C)c3[2H])c(C#N)cnc2cc1OC([2H])([2H])C)CN(C)C([2H])([2H])[2H]. The predicted octanol–water partition coefficient (Wildman–Crippen LogP) is 4.93. The minimum atomic E-state index is -2.47. The highest BCUT2D eigenvalue weighted by molar-refractivity contribution is 5.98. The number of fused-ring (bicyclic) bond motifs is 1. The normalized spacial score (nSPS) is 16.2. The fourth-order valence-corrected chi connectivity index (χ4v) is 3.03. The number of halogens is 1. The van der Waals surface area contributed by atoms with E-state index in [1.807, 2.05) is 6.07 Å². The highest BCUT2D eigenvalue weighted by Crippen LogP contribution is 2.34. The minimum absolute atomic E-state index is 0.0346. The molecule has 0 unspecified atom stereocenters. The number of likely N-dealkylation sites (N-methyl/N-ethyl adjacent to an activating group) is 1. The summed E-state index contributed by atoms with van der Waals surface area (Å²) in [5.74, 6) is -1.69. The number of hydrogen-bond acceptors (Lipinski definition) is 6. The van der Waals surface area contributed by atoms with Gasteiger partial charge >= 0.3 is 0 Å². The Kier molecular flexibility index (Phi) is 4.67. The summed E-state index contributed by atoms with van der Waals surface area (Å²) >= 11 is 0. The number of pyridine rings is 1. The van der Waals surface area contributed by atoms with Crippen LogP contribution in [0.15, 0.2) is 48.6 Å². The lowest BCUT2D eigenvalue weighted by Crippen LogP contribution is -2.11. The quantitative estimate of drug-likeness (QED) is 0.461. The van der Waals surface area contributed by atoms with Crippen LogP contribution >= 0.6 is 0 Å². The van der Waals surface area contributed by atoms with E-state index in [2.05, 4.69) is 10.3 Å². The molecule has 0 aliphatic carbocycles. The number of carbonyl (C=O) groups excluding carboxylic acids is 1. The number of ether oxygens (including phenoxy) is 1. The molecule has 0 spiro atoms. The van der Waals surface area contributed by atoms with Gasteiger partial charge in [0.25, 0.3) is 0 Å². The zero-order valence-electron chi connectivity index (χ0n) is 27.3. The van der Waals surface area contributed by atoms with E-state index in [1.54, 1.807) is 0 Å². The number of ketones is 1. The van der Waals surface area contributed by atoms with Gasteiger partial charge in [-0.2, -0.15) is 5.26 Å². The molecule has 0 atom stereocenters. The van der Waals surface area contributed by atoms with E-state index in [0.717, 1.165) is 17.9 Å². The third kappa shape index (κ3) is 5.93. The number of nitrogens with zero attached hydrogens (tertiary/aromatic N) is 3. The first kappa shape index (κ1) is 14.4. The Labute approximate surface area is 206 Å². The minimum Gasteiger partial charge on any atom is -0.494 e. The molecule has 3 rings (SSSR count). The maximum atomic E-state index is 14.3. The molecule has 0 fully saturated rings.